The molecule has 1 amide bonds. The van der Waals surface area contributed by atoms with E-state index in [9.17, 15) is 4.79 Å². The molecule has 1 aromatic rings. The molecule has 0 fully saturated rings. The van der Waals surface area contributed by atoms with Crippen LogP contribution in [-0.2, 0) is 0 Å². The molecule has 0 unspecified atom stereocenters. The minimum atomic E-state index is -0.0958. The van der Waals surface area contributed by atoms with Gasteiger partial charge in [0.05, 0.1) is 5.56 Å². The fourth-order valence-electron chi connectivity index (χ4n) is 1.25. The molecule has 0 aliphatic rings. The molecule has 0 spiro atoms. The summed E-state index contributed by atoms with van der Waals surface area (Å²) in [7, 11) is 0. The van der Waals surface area contributed by atoms with Gasteiger partial charge in [0.1, 0.15) is 0 Å². The summed E-state index contributed by atoms with van der Waals surface area (Å²) < 4.78 is 0. The minimum absolute atomic E-state index is 0.0958. The van der Waals surface area contributed by atoms with E-state index in [0.717, 1.165) is 11.3 Å². The van der Waals surface area contributed by atoms with E-state index in [1.165, 1.54) is 0 Å². The summed E-state index contributed by atoms with van der Waals surface area (Å²) in [5.41, 5.74) is 7.92. The van der Waals surface area contributed by atoms with Gasteiger partial charge in [0.2, 0.25) is 0 Å². The number of anilines is 1. The Morgan fingerprint density at radius 1 is 1.53 bits per heavy atom. The normalized spacial score (nSPS) is 10.0. The summed E-state index contributed by atoms with van der Waals surface area (Å²) in [6.45, 7) is 2.62. The molecule has 0 bridgehead atoms. The third kappa shape index (κ3) is 3.47. The predicted molar refractivity (Wildman–Crippen MR) is 66.3 cm³/mol. The number of nitrogens with two attached hydrogens (primary N) is 1. The van der Waals surface area contributed by atoms with E-state index in [4.69, 9.17) is 5.73 Å². The van der Waals surface area contributed by atoms with Gasteiger partial charge in [0.25, 0.3) is 5.91 Å². The fourth-order valence-corrected chi connectivity index (χ4v) is 1.56. The van der Waals surface area contributed by atoms with Crippen LogP contribution in [0, 0.1) is 6.92 Å². The highest BCUT2D eigenvalue weighted by Crippen LogP contribution is 2.13. The van der Waals surface area contributed by atoms with Crippen LogP contribution in [0.4, 0.5) is 5.69 Å². The van der Waals surface area contributed by atoms with E-state index in [-0.39, 0.29) is 5.91 Å². The molecule has 1 aromatic carbocycles. The van der Waals surface area contributed by atoms with Gasteiger partial charge < -0.3 is 11.1 Å². The van der Waals surface area contributed by atoms with Gasteiger partial charge in [-0.2, -0.15) is 11.8 Å². The second-order valence-electron chi connectivity index (χ2n) is 3.34. The zero-order valence-corrected chi connectivity index (χ0v) is 9.86. The summed E-state index contributed by atoms with van der Waals surface area (Å²) in [5, 5.41) is 2.82. The van der Waals surface area contributed by atoms with Gasteiger partial charge >= 0.3 is 0 Å². The second kappa shape index (κ2) is 5.66. The maximum atomic E-state index is 11.7. The van der Waals surface area contributed by atoms with Crippen LogP contribution in [0.15, 0.2) is 18.2 Å². The van der Waals surface area contributed by atoms with Crippen LogP contribution in [0.1, 0.15) is 15.9 Å². The van der Waals surface area contributed by atoms with Crippen molar-refractivity contribution in [1.82, 2.24) is 5.32 Å². The molecule has 4 heteroatoms. The molecule has 0 saturated carbocycles. The maximum Gasteiger partial charge on any atom is 0.253 e. The van der Waals surface area contributed by atoms with Gasteiger partial charge in [-0.1, -0.05) is 6.07 Å². The molecule has 3 N–H and O–H groups in total. The van der Waals surface area contributed by atoms with E-state index in [1.54, 1.807) is 17.8 Å². The number of carbonyl (C=O) groups is 1. The van der Waals surface area contributed by atoms with Crippen LogP contribution in [0.3, 0.4) is 0 Å². The highest BCUT2D eigenvalue weighted by atomic mass is 32.2. The SMILES string of the molecule is CSCCNC(=O)c1ccc(C)cc1N. The molecule has 0 aromatic heterocycles. The quantitative estimate of drug-likeness (QED) is 0.604. The van der Waals surface area contributed by atoms with Crippen LogP contribution < -0.4 is 11.1 Å². The Bertz CT molecular complexity index is 352. The Morgan fingerprint density at radius 2 is 2.27 bits per heavy atom. The Morgan fingerprint density at radius 3 is 2.87 bits per heavy atom. The molecule has 0 saturated heterocycles. The van der Waals surface area contributed by atoms with E-state index in [1.807, 2.05) is 25.3 Å². The van der Waals surface area contributed by atoms with Crippen molar-refractivity contribution in [3.63, 3.8) is 0 Å². The van der Waals surface area contributed by atoms with E-state index in [0.29, 0.717) is 17.8 Å². The Kier molecular flexibility index (Phi) is 4.49. The highest BCUT2D eigenvalue weighted by Gasteiger charge is 2.08. The molecule has 3 nitrogen and oxygen atoms in total. The van der Waals surface area contributed by atoms with Crippen molar-refractivity contribution in [2.45, 2.75) is 6.92 Å². The lowest BCUT2D eigenvalue weighted by molar-refractivity contribution is 0.0957. The largest absolute Gasteiger partial charge is 0.398 e. The van der Waals surface area contributed by atoms with Gasteiger partial charge in [-0.05, 0) is 30.9 Å². The average Bonchev–Trinajstić information content (AvgIpc) is 2.17. The lowest BCUT2D eigenvalue weighted by Gasteiger charge is -2.07. The van der Waals surface area contributed by atoms with Crippen LogP contribution in [0.2, 0.25) is 0 Å². The first-order valence-electron chi connectivity index (χ1n) is 4.78. The van der Waals surface area contributed by atoms with Crippen molar-refractivity contribution >= 4 is 23.4 Å². The Labute approximate surface area is 94.4 Å². The van der Waals surface area contributed by atoms with Crippen molar-refractivity contribution < 1.29 is 4.79 Å². The molecule has 0 aliphatic heterocycles. The van der Waals surface area contributed by atoms with Gasteiger partial charge in [-0.15, -0.1) is 0 Å². The van der Waals surface area contributed by atoms with E-state index < -0.39 is 0 Å². The molecule has 0 heterocycles. The summed E-state index contributed by atoms with van der Waals surface area (Å²) in [4.78, 5) is 11.7. The third-order valence-corrected chi connectivity index (χ3v) is 2.66. The Balaban J connectivity index is 2.65. The molecular weight excluding hydrogens is 208 g/mol. The summed E-state index contributed by atoms with van der Waals surface area (Å²) >= 11 is 1.70. The number of nitrogens with one attached hydrogen (secondary N) is 1. The zero-order valence-electron chi connectivity index (χ0n) is 9.04. The molecule has 15 heavy (non-hydrogen) atoms. The van der Waals surface area contributed by atoms with E-state index in [2.05, 4.69) is 5.32 Å². The van der Waals surface area contributed by atoms with Crippen LogP contribution in [0.5, 0.6) is 0 Å². The fraction of sp³-hybridized carbons (Fsp3) is 0.364. The van der Waals surface area contributed by atoms with Gasteiger partial charge in [0, 0.05) is 18.0 Å². The van der Waals surface area contributed by atoms with Crippen LogP contribution >= 0.6 is 11.8 Å². The number of carbonyl (C=O) groups excluding carboxylic acids is 1. The topological polar surface area (TPSA) is 55.1 Å². The zero-order chi connectivity index (χ0) is 11.3. The van der Waals surface area contributed by atoms with Crippen molar-refractivity contribution in [3.05, 3.63) is 29.3 Å². The summed E-state index contributed by atoms with van der Waals surface area (Å²) in [6, 6.07) is 5.46. The van der Waals surface area contributed by atoms with Crippen molar-refractivity contribution in [2.75, 3.05) is 24.3 Å². The number of benzene rings is 1. The molecule has 0 aliphatic carbocycles. The number of thioether (sulfide) groups is 1. The standard InChI is InChI=1S/C11H16N2OS/c1-8-3-4-9(10(12)7-8)11(14)13-5-6-15-2/h3-4,7H,5-6,12H2,1-2H3,(H,13,14). The molecule has 82 valence electrons. The van der Waals surface area contributed by atoms with Gasteiger partial charge in [-0.3, -0.25) is 4.79 Å². The van der Waals surface area contributed by atoms with E-state index >= 15 is 0 Å². The summed E-state index contributed by atoms with van der Waals surface area (Å²) in [6.07, 6.45) is 2.01. The molecule has 1 rings (SSSR count). The second-order valence-corrected chi connectivity index (χ2v) is 4.33. The number of amides is 1. The van der Waals surface area contributed by atoms with Crippen LogP contribution in [0.25, 0.3) is 0 Å². The number of hydrogen-bond acceptors (Lipinski definition) is 3. The number of nitrogen functional groups attached to an aromatic ring is 1. The Hall–Kier alpha value is -1.16. The number of aryl methyl sites for hydroxylation is 1. The number of hydrogen-bond donors (Lipinski definition) is 2. The van der Waals surface area contributed by atoms with Crippen molar-refractivity contribution in [2.24, 2.45) is 0 Å². The first-order valence-corrected chi connectivity index (χ1v) is 6.18. The molecule has 0 radical (unpaired) electrons. The first kappa shape index (κ1) is 11.9. The minimum Gasteiger partial charge on any atom is -0.398 e. The van der Waals surface area contributed by atoms with Crippen molar-refractivity contribution in [3.8, 4) is 0 Å². The first-order chi connectivity index (χ1) is 7.15. The smallest absolute Gasteiger partial charge is 0.253 e. The highest BCUT2D eigenvalue weighted by molar-refractivity contribution is 7.98. The lowest BCUT2D eigenvalue weighted by atomic mass is 10.1. The average molecular weight is 224 g/mol. The predicted octanol–water partition coefficient (Wildman–Crippen LogP) is 1.67. The van der Waals surface area contributed by atoms with Gasteiger partial charge in [0.15, 0.2) is 0 Å². The van der Waals surface area contributed by atoms with Crippen molar-refractivity contribution in [1.29, 1.82) is 0 Å². The maximum absolute atomic E-state index is 11.7. The van der Waals surface area contributed by atoms with Crippen LogP contribution in [-0.4, -0.2) is 24.5 Å². The van der Waals surface area contributed by atoms with Gasteiger partial charge in [-0.25, -0.2) is 0 Å². The third-order valence-electron chi connectivity index (χ3n) is 2.04. The lowest BCUT2D eigenvalue weighted by Crippen LogP contribution is -2.26. The molecular formula is C11H16N2OS. The monoisotopic (exact) mass is 224 g/mol. The molecule has 0 atom stereocenters. The summed E-state index contributed by atoms with van der Waals surface area (Å²) in [5.74, 6) is 0.818. The number of rotatable bonds is 4.